The Balaban J connectivity index is 0.00000103. The zero-order chi connectivity index (χ0) is 35.8. The van der Waals surface area contributed by atoms with Crippen molar-refractivity contribution in [2.75, 3.05) is 20.3 Å². The molecule has 0 radical (unpaired) electrons. The molecule has 10 heteroatoms. The van der Waals surface area contributed by atoms with Gasteiger partial charge in [0.25, 0.3) is 5.09 Å². The molecular weight excluding hydrogens is 614 g/mol. The first-order valence-electron chi connectivity index (χ1n) is 17.9. The fourth-order valence-electron chi connectivity index (χ4n) is 5.04. The molecule has 1 aromatic carbocycles. The van der Waals surface area contributed by atoms with E-state index in [1.54, 1.807) is 30.4 Å². The fraction of sp³-hybridized carbons (Fsp3) is 0.658. The number of allylic oxidation sites excluding steroid dienone is 2. The van der Waals surface area contributed by atoms with Gasteiger partial charge in [0.05, 0.1) is 13.7 Å². The van der Waals surface area contributed by atoms with Crippen molar-refractivity contribution in [3.63, 3.8) is 0 Å². The van der Waals surface area contributed by atoms with Crippen LogP contribution in [-0.4, -0.2) is 43.1 Å². The molecule has 2 rings (SSSR count). The number of hydrogen-bond acceptors (Lipinski definition) is 9. The average Bonchev–Trinajstić information content (AvgIpc) is 3.61. The summed E-state index contributed by atoms with van der Waals surface area (Å²) in [4.78, 5) is 49.2. The van der Waals surface area contributed by atoms with E-state index in [2.05, 4.69) is 11.8 Å². The van der Waals surface area contributed by atoms with Crippen LogP contribution in [0.25, 0.3) is 6.08 Å². The Labute approximate surface area is 288 Å². The van der Waals surface area contributed by atoms with Crippen molar-refractivity contribution in [1.29, 1.82) is 0 Å². The highest BCUT2D eigenvalue weighted by atomic mass is 16.9. The second kappa shape index (κ2) is 30.6. The van der Waals surface area contributed by atoms with Gasteiger partial charge < -0.3 is 19.0 Å². The van der Waals surface area contributed by atoms with Crippen LogP contribution in [0, 0.1) is 16.0 Å². The van der Waals surface area contributed by atoms with E-state index in [-0.39, 0.29) is 32.0 Å². The lowest BCUT2D eigenvalue weighted by Gasteiger charge is -2.10. The minimum atomic E-state index is -0.903. The Kier molecular flexibility index (Phi) is 28.3. The second-order valence-electron chi connectivity index (χ2n) is 11.5. The Morgan fingerprint density at radius 1 is 0.896 bits per heavy atom. The summed E-state index contributed by atoms with van der Waals surface area (Å²) in [6.45, 7) is 8.07. The van der Waals surface area contributed by atoms with E-state index in [0.717, 1.165) is 37.2 Å². The van der Waals surface area contributed by atoms with Crippen LogP contribution in [0.3, 0.4) is 0 Å². The molecule has 0 bridgehead atoms. The Hall–Kier alpha value is -3.69. The van der Waals surface area contributed by atoms with E-state index >= 15 is 0 Å². The summed E-state index contributed by atoms with van der Waals surface area (Å²) in [6.07, 6.45) is 24.2. The topological polar surface area (TPSA) is 131 Å². The lowest BCUT2D eigenvalue weighted by Crippen LogP contribution is -2.08. The maximum Gasteiger partial charge on any atom is 0.311 e. The van der Waals surface area contributed by atoms with Gasteiger partial charge >= 0.3 is 11.9 Å². The molecule has 1 fully saturated rings. The van der Waals surface area contributed by atoms with Gasteiger partial charge in [-0.3, -0.25) is 14.4 Å². The first kappa shape index (κ1) is 44.3. The molecule has 1 aliphatic carbocycles. The van der Waals surface area contributed by atoms with Crippen LogP contribution < -0.4 is 9.47 Å². The van der Waals surface area contributed by atoms with Gasteiger partial charge in [0, 0.05) is 25.7 Å². The Bertz CT molecular complexity index is 1080. The van der Waals surface area contributed by atoms with E-state index in [4.69, 9.17) is 14.2 Å². The normalized spacial score (nSPS) is 12.5. The molecule has 1 aromatic rings. The van der Waals surface area contributed by atoms with Crippen molar-refractivity contribution in [3.05, 3.63) is 52.1 Å². The monoisotopic (exact) mass is 675 g/mol. The van der Waals surface area contributed by atoms with Crippen molar-refractivity contribution in [2.45, 2.75) is 137 Å². The van der Waals surface area contributed by atoms with Crippen LogP contribution in [-0.2, 0) is 24.0 Å². The number of unbranched alkanes of at least 4 members (excludes halogenated alkanes) is 5. The first-order chi connectivity index (χ1) is 23.3. The van der Waals surface area contributed by atoms with Crippen molar-refractivity contribution >= 4 is 23.8 Å². The molecule has 1 aliphatic rings. The van der Waals surface area contributed by atoms with Crippen molar-refractivity contribution in [3.8, 4) is 11.5 Å². The summed E-state index contributed by atoms with van der Waals surface area (Å²) < 4.78 is 15.6. The van der Waals surface area contributed by atoms with Crippen LogP contribution in [0.4, 0.5) is 0 Å². The van der Waals surface area contributed by atoms with Gasteiger partial charge in [-0.1, -0.05) is 96.4 Å². The highest BCUT2D eigenvalue weighted by Crippen LogP contribution is 2.30. The maximum atomic E-state index is 11.9. The summed E-state index contributed by atoms with van der Waals surface area (Å²) >= 11 is 0. The molecule has 0 N–H and O–H groups in total. The number of ketones is 1. The third-order valence-corrected chi connectivity index (χ3v) is 7.64. The highest BCUT2D eigenvalue weighted by molar-refractivity contribution is 5.78. The van der Waals surface area contributed by atoms with Gasteiger partial charge in [0.2, 0.25) is 0 Å². The van der Waals surface area contributed by atoms with Crippen LogP contribution in [0.1, 0.15) is 142 Å². The number of carbonyl (C=O) groups excluding carboxylic acids is 3. The average molecular weight is 676 g/mol. The first-order valence-corrected chi connectivity index (χ1v) is 17.9. The predicted octanol–water partition coefficient (Wildman–Crippen LogP) is 9.80. The molecule has 0 aromatic heterocycles. The van der Waals surface area contributed by atoms with Crippen molar-refractivity contribution in [2.24, 2.45) is 5.92 Å². The standard InChI is InChI=1S/C21H27NO8.C15H28O.C2H6/c1-3-4-5-6-10-21(24)30-18-13-12-17(16-19(18)27-2)9-7-14-28-20(23)11-8-15-29-22(25)26;1-2-3-4-5-6-11-15(16)13-12-14-9-7-8-10-14;1-2/h3-4,7,9,12-13,16H,5-6,8,10-11,14-15H2,1-2H3;14H,2-13H2,1H3;1-2H3/b4-3-,9-7+;;. The molecule has 10 nitrogen and oxygen atoms in total. The number of Topliss-reactive ketones (excluding diaryl/α,β-unsaturated/α-hetero) is 1. The van der Waals surface area contributed by atoms with E-state index in [1.807, 2.05) is 32.9 Å². The van der Waals surface area contributed by atoms with Gasteiger partial charge in [0.15, 0.2) is 11.5 Å². The molecular formula is C38H61NO9. The van der Waals surface area contributed by atoms with Gasteiger partial charge in [-0.15, -0.1) is 10.1 Å². The third kappa shape index (κ3) is 24.5. The molecule has 48 heavy (non-hydrogen) atoms. The molecule has 272 valence electrons. The maximum absolute atomic E-state index is 11.9. The number of benzene rings is 1. The predicted molar refractivity (Wildman–Crippen MR) is 190 cm³/mol. The molecule has 0 atom stereocenters. The molecule has 0 spiro atoms. The lowest BCUT2D eigenvalue weighted by molar-refractivity contribution is -0.757. The quantitative estimate of drug-likeness (QED) is 0.0278. The highest BCUT2D eigenvalue weighted by Gasteiger charge is 2.16. The van der Waals surface area contributed by atoms with E-state index in [9.17, 15) is 24.5 Å². The number of methoxy groups -OCH3 is 1. The number of rotatable bonds is 23. The van der Waals surface area contributed by atoms with Gasteiger partial charge in [0.1, 0.15) is 12.4 Å². The number of ether oxygens (including phenoxy) is 3. The molecule has 0 heterocycles. The lowest BCUT2D eigenvalue weighted by atomic mass is 9.98. The van der Waals surface area contributed by atoms with Crippen LogP contribution in [0.15, 0.2) is 36.4 Å². The smallest absolute Gasteiger partial charge is 0.311 e. The fourth-order valence-corrected chi connectivity index (χ4v) is 5.04. The van der Waals surface area contributed by atoms with Crippen molar-refractivity contribution < 1.29 is 38.5 Å². The number of carbonyl (C=O) groups is 3. The van der Waals surface area contributed by atoms with Gasteiger partial charge in [-0.25, -0.2) is 0 Å². The summed E-state index contributed by atoms with van der Waals surface area (Å²) in [5.74, 6) is 1.36. The number of hydrogen-bond donors (Lipinski definition) is 0. The summed E-state index contributed by atoms with van der Waals surface area (Å²) in [6, 6.07) is 5.09. The second-order valence-corrected chi connectivity index (χ2v) is 11.5. The molecule has 0 saturated heterocycles. The van der Waals surface area contributed by atoms with Crippen LogP contribution in [0.5, 0.6) is 11.5 Å². The van der Waals surface area contributed by atoms with Gasteiger partial charge in [-0.05, 0) is 68.7 Å². The van der Waals surface area contributed by atoms with Crippen LogP contribution >= 0.6 is 0 Å². The Morgan fingerprint density at radius 3 is 2.27 bits per heavy atom. The molecule has 1 saturated carbocycles. The SMILES string of the molecule is C/C=C\CCCC(=O)Oc1ccc(/C=C/COC(=O)CCCO[N+](=O)[O-])cc1OC.CC.CCCCCCCC(=O)CCC1CCCC1. The van der Waals surface area contributed by atoms with Crippen LogP contribution in [0.2, 0.25) is 0 Å². The Morgan fingerprint density at radius 2 is 1.60 bits per heavy atom. The van der Waals surface area contributed by atoms with E-state index in [1.165, 1.54) is 64.9 Å². The minimum Gasteiger partial charge on any atom is -0.493 e. The third-order valence-electron chi connectivity index (χ3n) is 7.64. The number of esters is 2. The molecule has 0 aliphatic heterocycles. The summed E-state index contributed by atoms with van der Waals surface area (Å²) in [5.41, 5.74) is 0.773. The largest absolute Gasteiger partial charge is 0.493 e. The number of nitrogens with zero attached hydrogens (tertiary/aromatic N) is 1. The van der Waals surface area contributed by atoms with Gasteiger partial charge in [-0.2, -0.15) is 0 Å². The summed E-state index contributed by atoms with van der Waals surface area (Å²) in [7, 11) is 1.48. The van der Waals surface area contributed by atoms with E-state index in [0.29, 0.717) is 30.1 Å². The molecule has 0 unspecified atom stereocenters. The summed E-state index contributed by atoms with van der Waals surface area (Å²) in [5, 5.41) is 9.09. The zero-order valence-corrected chi connectivity index (χ0v) is 30.2. The minimum absolute atomic E-state index is 0.0320. The van der Waals surface area contributed by atoms with Crippen molar-refractivity contribution in [1.82, 2.24) is 0 Å². The zero-order valence-electron chi connectivity index (χ0n) is 30.2. The van der Waals surface area contributed by atoms with E-state index < -0.39 is 11.1 Å². The molecule has 0 amide bonds.